The Morgan fingerprint density at radius 3 is 2.55 bits per heavy atom. The Kier molecular flexibility index (Phi) is 3.64. The maximum absolute atomic E-state index is 12.5. The Morgan fingerprint density at radius 1 is 1.50 bits per heavy atom. The van der Waals surface area contributed by atoms with E-state index in [1.165, 1.54) is 21.3 Å². The first kappa shape index (κ1) is 15.0. The van der Waals surface area contributed by atoms with Crippen LogP contribution in [0.2, 0.25) is 0 Å². The van der Waals surface area contributed by atoms with Crippen molar-refractivity contribution >= 4 is 16.0 Å². The minimum Gasteiger partial charge on any atom is -0.481 e. The quantitative estimate of drug-likeness (QED) is 0.876. The standard InChI is InChI=1S/C12H19N3O4S/c1-9(2)12(11(16)17)5-7-15(8-12)20(18,19)10-4-6-13-14(10)3/h4,6,9H,5,7-8H2,1-3H3,(H,16,17). The van der Waals surface area contributed by atoms with Gasteiger partial charge in [0.1, 0.15) is 0 Å². The number of carboxylic acid groups (broad SMARTS) is 1. The zero-order valence-corrected chi connectivity index (χ0v) is 12.6. The number of carbonyl (C=O) groups is 1. The van der Waals surface area contributed by atoms with Crippen LogP contribution in [-0.2, 0) is 21.9 Å². The second-order valence-electron chi connectivity index (χ2n) is 5.50. The zero-order chi connectivity index (χ0) is 15.1. The number of hydrogen-bond acceptors (Lipinski definition) is 4. The van der Waals surface area contributed by atoms with Gasteiger partial charge in [-0.1, -0.05) is 13.8 Å². The highest BCUT2D eigenvalue weighted by molar-refractivity contribution is 7.89. The minimum absolute atomic E-state index is 0.00745. The van der Waals surface area contributed by atoms with Gasteiger partial charge < -0.3 is 5.11 Å². The molecule has 0 aromatic carbocycles. The molecule has 0 amide bonds. The van der Waals surface area contributed by atoms with Gasteiger partial charge in [-0.15, -0.1) is 0 Å². The van der Waals surface area contributed by atoms with Crippen LogP contribution in [-0.4, -0.2) is 46.7 Å². The molecule has 1 aliphatic rings. The van der Waals surface area contributed by atoms with Crippen molar-refractivity contribution in [1.82, 2.24) is 14.1 Å². The highest BCUT2D eigenvalue weighted by Gasteiger charge is 2.50. The molecular formula is C12H19N3O4S. The highest BCUT2D eigenvalue weighted by atomic mass is 32.2. The fourth-order valence-electron chi connectivity index (χ4n) is 2.64. The van der Waals surface area contributed by atoms with Crippen molar-refractivity contribution in [3.8, 4) is 0 Å². The number of aliphatic carboxylic acids is 1. The highest BCUT2D eigenvalue weighted by Crippen LogP contribution is 2.40. The average molecular weight is 301 g/mol. The number of hydrogen-bond donors (Lipinski definition) is 1. The first-order valence-corrected chi connectivity index (χ1v) is 7.87. The van der Waals surface area contributed by atoms with E-state index < -0.39 is 21.4 Å². The molecule has 0 spiro atoms. The maximum atomic E-state index is 12.5. The third kappa shape index (κ3) is 2.12. The molecule has 20 heavy (non-hydrogen) atoms. The van der Waals surface area contributed by atoms with E-state index in [2.05, 4.69) is 5.10 Å². The molecule has 2 rings (SSSR count). The predicted octanol–water partition coefficient (Wildman–Crippen LogP) is 0.542. The molecule has 1 aromatic rings. The van der Waals surface area contributed by atoms with Crippen molar-refractivity contribution < 1.29 is 18.3 Å². The Bertz CT molecular complexity index is 622. The molecule has 8 heteroatoms. The summed E-state index contributed by atoms with van der Waals surface area (Å²) in [5, 5.41) is 13.4. The van der Waals surface area contributed by atoms with Crippen LogP contribution in [0.4, 0.5) is 0 Å². The van der Waals surface area contributed by atoms with E-state index in [0.717, 1.165) is 0 Å². The van der Waals surface area contributed by atoms with E-state index in [-0.39, 0.29) is 24.0 Å². The Hall–Kier alpha value is -1.41. The number of aromatic nitrogens is 2. The molecule has 1 aliphatic heterocycles. The normalized spacial score (nSPS) is 24.4. The summed E-state index contributed by atoms with van der Waals surface area (Å²) < 4.78 is 27.6. The Labute approximate surface area is 118 Å². The zero-order valence-electron chi connectivity index (χ0n) is 11.8. The van der Waals surface area contributed by atoms with Crippen LogP contribution in [0.1, 0.15) is 20.3 Å². The molecule has 1 unspecified atom stereocenters. The van der Waals surface area contributed by atoms with Crippen molar-refractivity contribution in [2.75, 3.05) is 13.1 Å². The van der Waals surface area contributed by atoms with Crippen LogP contribution < -0.4 is 0 Å². The van der Waals surface area contributed by atoms with Crippen LogP contribution in [0.3, 0.4) is 0 Å². The summed E-state index contributed by atoms with van der Waals surface area (Å²) in [6.45, 7) is 3.86. The first-order chi connectivity index (χ1) is 9.21. The number of carboxylic acids is 1. The molecule has 2 heterocycles. The van der Waals surface area contributed by atoms with Crippen LogP contribution in [0, 0.1) is 11.3 Å². The summed E-state index contributed by atoms with van der Waals surface area (Å²) in [5.41, 5.74) is -1.01. The van der Waals surface area contributed by atoms with E-state index in [9.17, 15) is 18.3 Å². The second kappa shape index (κ2) is 4.85. The summed E-state index contributed by atoms with van der Waals surface area (Å²) in [4.78, 5) is 11.6. The average Bonchev–Trinajstić information content (AvgIpc) is 2.95. The van der Waals surface area contributed by atoms with Gasteiger partial charge in [0.2, 0.25) is 0 Å². The molecule has 0 bridgehead atoms. The molecule has 1 aromatic heterocycles. The number of nitrogens with zero attached hydrogens (tertiary/aromatic N) is 3. The van der Waals surface area contributed by atoms with E-state index in [1.807, 2.05) is 13.8 Å². The molecule has 1 fully saturated rings. The largest absolute Gasteiger partial charge is 0.481 e. The molecule has 0 aliphatic carbocycles. The molecule has 1 saturated heterocycles. The first-order valence-electron chi connectivity index (χ1n) is 6.43. The summed E-state index contributed by atoms with van der Waals surface area (Å²) in [6.07, 6.45) is 1.74. The van der Waals surface area contributed by atoms with Crippen molar-refractivity contribution in [3.63, 3.8) is 0 Å². The van der Waals surface area contributed by atoms with Gasteiger partial charge in [0, 0.05) is 20.1 Å². The van der Waals surface area contributed by atoms with Gasteiger partial charge in [0.15, 0.2) is 5.03 Å². The third-order valence-corrected chi connectivity index (χ3v) is 6.10. The monoisotopic (exact) mass is 301 g/mol. The van der Waals surface area contributed by atoms with Crippen LogP contribution in [0.15, 0.2) is 17.3 Å². The molecule has 112 valence electrons. The fraction of sp³-hybridized carbons (Fsp3) is 0.667. The van der Waals surface area contributed by atoms with Gasteiger partial charge in [0.05, 0.1) is 11.6 Å². The van der Waals surface area contributed by atoms with E-state index in [0.29, 0.717) is 6.42 Å². The van der Waals surface area contributed by atoms with Gasteiger partial charge in [-0.05, 0) is 18.4 Å². The summed E-state index contributed by atoms with van der Waals surface area (Å²) in [6, 6.07) is 1.42. The molecule has 1 atom stereocenters. The Balaban J connectivity index is 2.34. The van der Waals surface area contributed by atoms with Gasteiger partial charge in [0.25, 0.3) is 10.0 Å². The lowest BCUT2D eigenvalue weighted by molar-refractivity contribution is -0.150. The Morgan fingerprint density at radius 2 is 2.15 bits per heavy atom. The second-order valence-corrected chi connectivity index (χ2v) is 7.38. The molecular weight excluding hydrogens is 282 g/mol. The van der Waals surface area contributed by atoms with Crippen molar-refractivity contribution in [3.05, 3.63) is 12.3 Å². The lowest BCUT2D eigenvalue weighted by atomic mass is 9.77. The van der Waals surface area contributed by atoms with Gasteiger partial charge >= 0.3 is 5.97 Å². The lowest BCUT2D eigenvalue weighted by Gasteiger charge is -2.28. The lowest BCUT2D eigenvalue weighted by Crippen LogP contribution is -2.40. The molecule has 0 radical (unpaired) electrons. The summed E-state index contributed by atoms with van der Waals surface area (Å²) >= 11 is 0. The van der Waals surface area contributed by atoms with Crippen molar-refractivity contribution in [2.24, 2.45) is 18.4 Å². The van der Waals surface area contributed by atoms with Crippen LogP contribution in [0.5, 0.6) is 0 Å². The maximum Gasteiger partial charge on any atom is 0.311 e. The summed E-state index contributed by atoms with van der Waals surface area (Å²) in [5.74, 6) is -1.07. The van der Waals surface area contributed by atoms with E-state index >= 15 is 0 Å². The van der Waals surface area contributed by atoms with Gasteiger partial charge in [-0.25, -0.2) is 8.42 Å². The van der Waals surface area contributed by atoms with Crippen LogP contribution in [0.25, 0.3) is 0 Å². The van der Waals surface area contributed by atoms with Crippen molar-refractivity contribution in [2.45, 2.75) is 25.3 Å². The topological polar surface area (TPSA) is 92.5 Å². The SMILES string of the molecule is CC(C)C1(C(=O)O)CCN(S(=O)(=O)c2ccnn2C)C1. The van der Waals surface area contributed by atoms with E-state index in [1.54, 1.807) is 7.05 Å². The smallest absolute Gasteiger partial charge is 0.311 e. The predicted molar refractivity (Wildman–Crippen MR) is 71.5 cm³/mol. The number of sulfonamides is 1. The van der Waals surface area contributed by atoms with Crippen LogP contribution >= 0.6 is 0 Å². The fourth-order valence-corrected chi connectivity index (χ4v) is 4.25. The minimum atomic E-state index is -3.69. The van der Waals surface area contributed by atoms with Gasteiger partial charge in [-0.3, -0.25) is 9.48 Å². The molecule has 1 N–H and O–H groups in total. The van der Waals surface area contributed by atoms with Crippen molar-refractivity contribution in [1.29, 1.82) is 0 Å². The molecule has 0 saturated carbocycles. The van der Waals surface area contributed by atoms with E-state index in [4.69, 9.17) is 0 Å². The summed E-state index contributed by atoms with van der Waals surface area (Å²) in [7, 11) is -2.14. The number of aryl methyl sites for hydroxylation is 1. The third-order valence-electron chi connectivity index (χ3n) is 4.18. The van der Waals surface area contributed by atoms with Gasteiger partial charge in [-0.2, -0.15) is 9.40 Å². The molecule has 7 nitrogen and oxygen atoms in total. The number of rotatable bonds is 4.